The summed E-state index contributed by atoms with van der Waals surface area (Å²) < 4.78 is 0. The lowest BCUT2D eigenvalue weighted by molar-refractivity contribution is -0.428. The normalized spacial score (nSPS) is 15.6. The highest BCUT2D eigenvalue weighted by Crippen LogP contribution is 2.45. The summed E-state index contributed by atoms with van der Waals surface area (Å²) in [5, 5.41) is 35.0. The number of hydrogen-bond donors (Lipinski definition) is 0. The SMILES string of the molecule is CCc1cccc(CC)c1N=C1C2=Cc3cc([N+](=O)[O-])ccc3C2=C([N+](=O)[O-])C=C1[N+](=O)[O-]. The highest BCUT2D eigenvalue weighted by molar-refractivity contribution is 6.28. The van der Waals surface area contributed by atoms with Gasteiger partial charge in [-0.15, -0.1) is 0 Å². The third-order valence-corrected chi connectivity index (χ3v) is 5.69. The number of para-hydroxylation sites is 1. The zero-order valence-corrected chi connectivity index (χ0v) is 17.8. The van der Waals surface area contributed by atoms with Crippen molar-refractivity contribution in [3.63, 3.8) is 0 Å². The molecule has 2 aromatic carbocycles. The molecule has 2 aromatic rings. The number of hydrogen-bond acceptors (Lipinski definition) is 7. The quantitative estimate of drug-likeness (QED) is 0.449. The van der Waals surface area contributed by atoms with Crippen molar-refractivity contribution >= 4 is 28.7 Å². The van der Waals surface area contributed by atoms with Crippen LogP contribution in [0, 0.1) is 30.3 Å². The maximum Gasteiger partial charge on any atom is 0.302 e. The van der Waals surface area contributed by atoms with Gasteiger partial charge < -0.3 is 0 Å². The van der Waals surface area contributed by atoms with Crippen molar-refractivity contribution in [3.8, 4) is 0 Å². The molecule has 0 unspecified atom stereocenters. The van der Waals surface area contributed by atoms with Crippen LogP contribution in [0.3, 0.4) is 0 Å². The summed E-state index contributed by atoms with van der Waals surface area (Å²) in [6.45, 7) is 3.90. The van der Waals surface area contributed by atoms with Crippen LogP contribution in [0.4, 0.5) is 11.4 Å². The van der Waals surface area contributed by atoms with E-state index in [4.69, 9.17) is 0 Å². The number of nitro groups is 3. The van der Waals surface area contributed by atoms with Gasteiger partial charge in [0.15, 0.2) is 0 Å². The number of nitrogens with zero attached hydrogens (tertiary/aromatic N) is 4. The van der Waals surface area contributed by atoms with E-state index in [1.54, 1.807) is 0 Å². The number of aliphatic imine (C=N–C) groups is 1. The number of aryl methyl sites for hydroxylation is 2. The summed E-state index contributed by atoms with van der Waals surface area (Å²) in [7, 11) is 0. The first-order valence-electron chi connectivity index (χ1n) is 10.2. The largest absolute Gasteiger partial charge is 0.302 e. The van der Waals surface area contributed by atoms with Crippen LogP contribution in [0.5, 0.6) is 0 Å². The van der Waals surface area contributed by atoms with Gasteiger partial charge in [-0.1, -0.05) is 32.0 Å². The van der Waals surface area contributed by atoms with Gasteiger partial charge in [-0.3, -0.25) is 30.3 Å². The van der Waals surface area contributed by atoms with Gasteiger partial charge in [0.1, 0.15) is 5.71 Å². The second kappa shape index (κ2) is 8.23. The van der Waals surface area contributed by atoms with Crippen molar-refractivity contribution in [1.29, 1.82) is 0 Å². The molecule has 0 heterocycles. The van der Waals surface area contributed by atoms with Crippen LogP contribution in [0.2, 0.25) is 0 Å². The van der Waals surface area contributed by atoms with Gasteiger partial charge in [0.2, 0.25) is 0 Å². The van der Waals surface area contributed by atoms with Crippen molar-refractivity contribution < 1.29 is 14.8 Å². The lowest BCUT2D eigenvalue weighted by atomic mass is 9.91. The van der Waals surface area contributed by atoms with Crippen LogP contribution in [0.1, 0.15) is 36.1 Å². The first-order chi connectivity index (χ1) is 15.8. The van der Waals surface area contributed by atoms with Gasteiger partial charge >= 0.3 is 5.70 Å². The molecule has 166 valence electrons. The third kappa shape index (κ3) is 3.61. The Balaban J connectivity index is 2.04. The first kappa shape index (κ1) is 21.8. The minimum atomic E-state index is -0.689. The predicted molar refractivity (Wildman–Crippen MR) is 122 cm³/mol. The highest BCUT2D eigenvalue weighted by atomic mass is 16.6. The van der Waals surface area contributed by atoms with Crippen LogP contribution < -0.4 is 0 Å². The van der Waals surface area contributed by atoms with Gasteiger partial charge in [0.25, 0.3) is 11.4 Å². The molecule has 0 atom stereocenters. The Morgan fingerprint density at radius 3 is 2.06 bits per heavy atom. The van der Waals surface area contributed by atoms with Crippen LogP contribution in [-0.4, -0.2) is 20.5 Å². The standard InChI is InChI=1S/C23H18N4O6/c1-3-13-6-5-7-14(4-2)22(13)24-23-18-11-15-10-16(25(28)29)8-9-17(15)21(18)19(26(30)31)12-20(23)27(32)33/h5-12H,3-4H2,1-2H3. The fraction of sp³-hybridized carbons (Fsp3) is 0.174. The van der Waals surface area contributed by atoms with E-state index in [-0.39, 0.29) is 22.5 Å². The lowest BCUT2D eigenvalue weighted by Gasteiger charge is -2.16. The van der Waals surface area contributed by atoms with E-state index < -0.39 is 26.2 Å². The van der Waals surface area contributed by atoms with Gasteiger partial charge in [0, 0.05) is 17.7 Å². The first-order valence-corrected chi connectivity index (χ1v) is 10.2. The number of benzene rings is 2. The molecule has 4 rings (SSSR count). The molecule has 10 nitrogen and oxygen atoms in total. The van der Waals surface area contributed by atoms with Gasteiger partial charge in [-0.25, -0.2) is 4.99 Å². The Labute approximate surface area is 187 Å². The Morgan fingerprint density at radius 1 is 0.848 bits per heavy atom. The molecule has 0 aliphatic heterocycles. The number of nitro benzene ring substituents is 1. The molecule has 0 amide bonds. The lowest BCUT2D eigenvalue weighted by Crippen LogP contribution is -2.20. The smallest absolute Gasteiger partial charge is 0.258 e. The van der Waals surface area contributed by atoms with Gasteiger partial charge in [0.05, 0.1) is 32.1 Å². The Bertz CT molecular complexity index is 1340. The summed E-state index contributed by atoms with van der Waals surface area (Å²) in [6.07, 6.45) is 3.70. The van der Waals surface area contributed by atoms with Crippen molar-refractivity contribution in [1.82, 2.24) is 0 Å². The molecule has 0 bridgehead atoms. The van der Waals surface area contributed by atoms with Crippen molar-refractivity contribution in [2.45, 2.75) is 26.7 Å². The molecule has 0 aromatic heterocycles. The minimum Gasteiger partial charge on any atom is -0.258 e. The molecule has 2 aliphatic carbocycles. The predicted octanol–water partition coefficient (Wildman–Crippen LogP) is 5.05. The summed E-state index contributed by atoms with van der Waals surface area (Å²) in [4.78, 5) is 37.7. The zero-order chi connectivity index (χ0) is 23.9. The number of non-ortho nitro benzene ring substituents is 1. The molecule has 0 saturated carbocycles. The Morgan fingerprint density at radius 2 is 1.52 bits per heavy atom. The topological polar surface area (TPSA) is 142 Å². The number of allylic oxidation sites excluding steroid dienone is 3. The molecule has 33 heavy (non-hydrogen) atoms. The highest BCUT2D eigenvalue weighted by Gasteiger charge is 2.41. The average Bonchev–Trinajstić information content (AvgIpc) is 3.17. The average molecular weight is 446 g/mol. The summed E-state index contributed by atoms with van der Waals surface area (Å²) >= 11 is 0. The molecule has 0 fully saturated rings. The van der Waals surface area contributed by atoms with E-state index in [1.165, 1.54) is 24.3 Å². The van der Waals surface area contributed by atoms with E-state index in [1.807, 2.05) is 32.0 Å². The van der Waals surface area contributed by atoms with Crippen molar-refractivity contribution in [2.75, 3.05) is 0 Å². The summed E-state index contributed by atoms with van der Waals surface area (Å²) in [6, 6.07) is 9.65. The fourth-order valence-electron chi connectivity index (χ4n) is 4.13. The van der Waals surface area contributed by atoms with Crippen molar-refractivity contribution in [3.05, 3.63) is 112 Å². The molecule has 0 N–H and O–H groups in total. The molecule has 0 radical (unpaired) electrons. The van der Waals surface area contributed by atoms with Crippen LogP contribution in [-0.2, 0) is 12.8 Å². The van der Waals surface area contributed by atoms with Crippen LogP contribution in [0.15, 0.2) is 64.4 Å². The minimum absolute atomic E-state index is 0.00458. The zero-order valence-electron chi connectivity index (χ0n) is 17.8. The fourth-order valence-corrected chi connectivity index (χ4v) is 4.13. The third-order valence-electron chi connectivity index (χ3n) is 5.69. The molecule has 10 heteroatoms. The summed E-state index contributed by atoms with van der Waals surface area (Å²) in [5.41, 5.74) is 2.40. The monoisotopic (exact) mass is 446 g/mol. The van der Waals surface area contributed by atoms with E-state index in [0.29, 0.717) is 29.7 Å². The van der Waals surface area contributed by atoms with E-state index in [9.17, 15) is 30.3 Å². The second-order valence-corrected chi connectivity index (χ2v) is 7.48. The summed E-state index contributed by atoms with van der Waals surface area (Å²) in [5.74, 6) is 0. The van der Waals surface area contributed by atoms with E-state index in [2.05, 4.69) is 4.99 Å². The maximum atomic E-state index is 11.9. The van der Waals surface area contributed by atoms with E-state index >= 15 is 0 Å². The molecular formula is C23H18N4O6. The number of rotatable bonds is 6. The van der Waals surface area contributed by atoms with Gasteiger partial charge in [-0.05, 0) is 47.2 Å². The van der Waals surface area contributed by atoms with Gasteiger partial charge in [-0.2, -0.15) is 0 Å². The molecule has 0 saturated heterocycles. The Kier molecular flexibility index (Phi) is 5.42. The molecule has 0 spiro atoms. The Hall–Kier alpha value is -4.47. The van der Waals surface area contributed by atoms with E-state index in [0.717, 1.165) is 17.2 Å². The second-order valence-electron chi connectivity index (χ2n) is 7.48. The number of fused-ring (bicyclic) bond motifs is 3. The maximum absolute atomic E-state index is 11.9. The van der Waals surface area contributed by atoms with Crippen LogP contribution in [0.25, 0.3) is 11.6 Å². The molecule has 2 aliphatic rings. The van der Waals surface area contributed by atoms with Crippen molar-refractivity contribution in [2.24, 2.45) is 4.99 Å². The molecular weight excluding hydrogens is 428 g/mol. The van der Waals surface area contributed by atoms with Crippen LogP contribution >= 0.6 is 0 Å².